The number of rotatable bonds is 7. The third kappa shape index (κ3) is 5.62. The highest BCUT2D eigenvalue weighted by Gasteiger charge is 2.35. The molecule has 1 saturated heterocycles. The fourth-order valence-corrected chi connectivity index (χ4v) is 5.67. The molecule has 0 unspecified atom stereocenters. The fraction of sp³-hybridized carbons (Fsp3) is 0.714. The first kappa shape index (κ1) is 20.4. The third-order valence-electron chi connectivity index (χ3n) is 6.23. The van der Waals surface area contributed by atoms with Crippen LogP contribution in [0.1, 0.15) is 64.2 Å². The lowest BCUT2D eigenvalue weighted by molar-refractivity contribution is -0.134. The van der Waals surface area contributed by atoms with E-state index in [0.717, 1.165) is 38.8 Å². The van der Waals surface area contributed by atoms with Gasteiger partial charge in [0.25, 0.3) is 0 Å². The van der Waals surface area contributed by atoms with E-state index in [2.05, 4.69) is 9.71 Å². The summed E-state index contributed by atoms with van der Waals surface area (Å²) in [5.41, 5.74) is 0.465. The van der Waals surface area contributed by atoms with Crippen molar-refractivity contribution in [1.82, 2.24) is 9.88 Å². The SMILES string of the molecule is O=C(CC1CCCCC1)N1CCC(Oc2ccc(NS(=O)(=O)C3CC3)cn2)CC1. The Balaban J connectivity index is 1.21. The van der Waals surface area contributed by atoms with Crippen LogP contribution in [-0.4, -0.2) is 48.7 Å². The minimum Gasteiger partial charge on any atom is -0.474 e. The van der Waals surface area contributed by atoms with Gasteiger partial charge in [0.2, 0.25) is 21.8 Å². The van der Waals surface area contributed by atoms with Gasteiger partial charge in [-0.3, -0.25) is 9.52 Å². The van der Waals surface area contributed by atoms with E-state index in [4.69, 9.17) is 4.74 Å². The minimum absolute atomic E-state index is 0.0373. The number of amides is 1. The zero-order valence-electron chi connectivity index (χ0n) is 16.9. The van der Waals surface area contributed by atoms with Gasteiger partial charge in [0.1, 0.15) is 6.10 Å². The molecular formula is C21H31N3O4S. The first-order valence-corrected chi connectivity index (χ1v) is 12.5. The molecule has 1 N–H and O–H groups in total. The number of hydrogen-bond donors (Lipinski definition) is 1. The predicted octanol–water partition coefficient (Wildman–Crippen LogP) is 3.33. The second kappa shape index (κ2) is 8.90. The van der Waals surface area contributed by atoms with Crippen LogP contribution in [0.5, 0.6) is 5.88 Å². The molecule has 2 aliphatic carbocycles. The molecule has 1 amide bonds. The average Bonchev–Trinajstić information content (AvgIpc) is 3.57. The first-order chi connectivity index (χ1) is 14.0. The van der Waals surface area contributed by atoms with Gasteiger partial charge < -0.3 is 9.64 Å². The summed E-state index contributed by atoms with van der Waals surface area (Å²) in [5, 5.41) is -0.260. The molecule has 0 spiro atoms. The van der Waals surface area contributed by atoms with Gasteiger partial charge >= 0.3 is 0 Å². The second-order valence-electron chi connectivity index (χ2n) is 8.64. The Bertz CT molecular complexity index is 794. The highest BCUT2D eigenvalue weighted by Crippen LogP contribution is 2.30. The minimum atomic E-state index is -3.27. The molecular weight excluding hydrogens is 390 g/mol. The molecule has 7 nitrogen and oxygen atoms in total. The van der Waals surface area contributed by atoms with Gasteiger partial charge in [0.05, 0.1) is 17.1 Å². The summed E-state index contributed by atoms with van der Waals surface area (Å²) in [6.45, 7) is 1.46. The maximum atomic E-state index is 12.6. The number of hydrogen-bond acceptors (Lipinski definition) is 5. The molecule has 1 aromatic heterocycles. The van der Waals surface area contributed by atoms with Crippen molar-refractivity contribution in [3.63, 3.8) is 0 Å². The van der Waals surface area contributed by atoms with Crippen LogP contribution in [0.15, 0.2) is 18.3 Å². The Morgan fingerprint density at radius 3 is 2.41 bits per heavy atom. The van der Waals surface area contributed by atoms with Gasteiger partial charge in [-0.25, -0.2) is 13.4 Å². The van der Waals surface area contributed by atoms with E-state index in [1.807, 2.05) is 4.90 Å². The van der Waals surface area contributed by atoms with Crippen LogP contribution in [0.4, 0.5) is 5.69 Å². The molecule has 0 bridgehead atoms. The topological polar surface area (TPSA) is 88.6 Å². The lowest BCUT2D eigenvalue weighted by Gasteiger charge is -2.33. The monoisotopic (exact) mass is 421 g/mol. The number of nitrogens with one attached hydrogen (secondary N) is 1. The fourth-order valence-electron chi connectivity index (χ4n) is 4.30. The highest BCUT2D eigenvalue weighted by molar-refractivity contribution is 7.93. The highest BCUT2D eigenvalue weighted by atomic mass is 32.2. The molecule has 2 heterocycles. The number of piperidine rings is 1. The van der Waals surface area contributed by atoms with Crippen LogP contribution in [0.3, 0.4) is 0 Å². The summed E-state index contributed by atoms with van der Waals surface area (Å²) in [4.78, 5) is 18.8. The van der Waals surface area contributed by atoms with Gasteiger partial charge in [0, 0.05) is 38.4 Å². The largest absolute Gasteiger partial charge is 0.474 e. The van der Waals surface area contributed by atoms with Crippen molar-refractivity contribution in [3.8, 4) is 5.88 Å². The number of sulfonamides is 1. The zero-order chi connectivity index (χ0) is 20.3. The Hall–Kier alpha value is -1.83. The summed E-state index contributed by atoms with van der Waals surface area (Å²) >= 11 is 0. The van der Waals surface area contributed by atoms with Crippen molar-refractivity contribution in [3.05, 3.63) is 18.3 Å². The third-order valence-corrected chi connectivity index (χ3v) is 8.10. The van der Waals surface area contributed by atoms with Gasteiger partial charge in [0.15, 0.2) is 0 Å². The average molecular weight is 422 g/mol. The van der Waals surface area contributed by atoms with Crippen molar-refractivity contribution in [1.29, 1.82) is 0 Å². The summed E-state index contributed by atoms with van der Waals surface area (Å²) in [6.07, 6.45) is 11.5. The molecule has 8 heteroatoms. The Morgan fingerprint density at radius 2 is 1.79 bits per heavy atom. The van der Waals surface area contributed by atoms with E-state index in [1.165, 1.54) is 38.3 Å². The van der Waals surface area contributed by atoms with E-state index in [9.17, 15) is 13.2 Å². The molecule has 4 rings (SSSR count). The predicted molar refractivity (Wildman–Crippen MR) is 111 cm³/mol. The number of carbonyl (C=O) groups is 1. The number of anilines is 1. The summed E-state index contributed by atoms with van der Waals surface area (Å²) in [7, 11) is -3.27. The molecule has 0 aromatic carbocycles. The lowest BCUT2D eigenvalue weighted by atomic mass is 9.86. The summed E-state index contributed by atoms with van der Waals surface area (Å²) in [5.74, 6) is 1.36. The van der Waals surface area contributed by atoms with Crippen LogP contribution >= 0.6 is 0 Å². The molecule has 1 aliphatic heterocycles. The normalized spacial score (nSPS) is 21.7. The van der Waals surface area contributed by atoms with Crippen molar-refractivity contribution >= 4 is 21.6 Å². The second-order valence-corrected chi connectivity index (χ2v) is 10.6. The smallest absolute Gasteiger partial charge is 0.235 e. The van der Waals surface area contributed by atoms with Crippen molar-refractivity contribution in [2.24, 2.45) is 5.92 Å². The first-order valence-electron chi connectivity index (χ1n) is 10.9. The van der Waals surface area contributed by atoms with Crippen molar-refractivity contribution in [2.75, 3.05) is 17.8 Å². The van der Waals surface area contributed by atoms with Gasteiger partial charge in [-0.1, -0.05) is 19.3 Å². The summed E-state index contributed by atoms with van der Waals surface area (Å²) < 4.78 is 32.5. The Kier molecular flexibility index (Phi) is 6.27. The Morgan fingerprint density at radius 1 is 1.07 bits per heavy atom. The maximum absolute atomic E-state index is 12.6. The van der Waals surface area contributed by atoms with Gasteiger partial charge in [-0.15, -0.1) is 0 Å². The zero-order valence-corrected chi connectivity index (χ0v) is 17.7. The molecule has 3 aliphatic rings. The molecule has 0 radical (unpaired) electrons. The standard InChI is InChI=1S/C21H31N3O4S/c25-21(14-16-4-2-1-3-5-16)24-12-10-18(11-13-24)28-20-9-6-17(15-22-20)23-29(26,27)19-7-8-19/h6,9,15-16,18-19,23H,1-5,7-8,10-14H2. The number of likely N-dealkylation sites (tertiary alicyclic amines) is 1. The van der Waals surface area contributed by atoms with E-state index in [0.29, 0.717) is 29.8 Å². The number of nitrogens with zero attached hydrogens (tertiary/aromatic N) is 2. The molecule has 2 saturated carbocycles. The van der Waals surface area contributed by atoms with Crippen molar-refractivity contribution < 1.29 is 17.9 Å². The number of aromatic nitrogens is 1. The molecule has 0 atom stereocenters. The number of ether oxygens (including phenoxy) is 1. The lowest BCUT2D eigenvalue weighted by Crippen LogP contribution is -2.42. The molecule has 3 fully saturated rings. The van der Waals surface area contributed by atoms with Crippen molar-refractivity contribution in [2.45, 2.75) is 75.6 Å². The molecule has 29 heavy (non-hydrogen) atoms. The molecule has 1 aromatic rings. The van der Waals surface area contributed by atoms with Gasteiger partial charge in [-0.05, 0) is 37.7 Å². The Labute approximate surface area is 173 Å². The van der Waals surface area contributed by atoms with Crippen LogP contribution in [-0.2, 0) is 14.8 Å². The van der Waals surface area contributed by atoms with E-state index in [-0.39, 0.29) is 11.4 Å². The van der Waals surface area contributed by atoms with Crippen LogP contribution < -0.4 is 9.46 Å². The van der Waals surface area contributed by atoms with Crippen LogP contribution in [0.2, 0.25) is 0 Å². The maximum Gasteiger partial charge on any atom is 0.235 e. The van der Waals surface area contributed by atoms with Crippen LogP contribution in [0.25, 0.3) is 0 Å². The number of pyridine rings is 1. The quantitative estimate of drug-likeness (QED) is 0.729. The van der Waals surface area contributed by atoms with Gasteiger partial charge in [-0.2, -0.15) is 0 Å². The van der Waals surface area contributed by atoms with Crippen LogP contribution in [0, 0.1) is 5.92 Å². The molecule has 160 valence electrons. The van der Waals surface area contributed by atoms with E-state index < -0.39 is 10.0 Å². The number of carbonyl (C=O) groups excluding carboxylic acids is 1. The summed E-state index contributed by atoms with van der Waals surface area (Å²) in [6, 6.07) is 3.39. The van der Waals surface area contributed by atoms with E-state index in [1.54, 1.807) is 12.1 Å². The van der Waals surface area contributed by atoms with E-state index >= 15 is 0 Å².